The van der Waals surface area contributed by atoms with E-state index in [-0.39, 0.29) is 10.7 Å². The van der Waals surface area contributed by atoms with Gasteiger partial charge in [0, 0.05) is 25.7 Å². The Kier molecular flexibility index (Phi) is 4.27. The van der Waals surface area contributed by atoms with E-state index in [9.17, 15) is 10.1 Å². The highest BCUT2D eigenvalue weighted by Crippen LogP contribution is 2.35. The van der Waals surface area contributed by atoms with Crippen LogP contribution in [0.2, 0.25) is 5.02 Å². The number of anilines is 1. The number of likely N-dealkylation sites (N-methyl/N-ethyl adjacent to an activating group) is 1. The van der Waals surface area contributed by atoms with E-state index < -0.39 is 4.92 Å². The zero-order valence-corrected chi connectivity index (χ0v) is 11.9. The molecule has 0 saturated carbocycles. The number of rotatable bonds is 3. The Morgan fingerprint density at radius 3 is 2.84 bits per heavy atom. The predicted octanol–water partition coefficient (Wildman–Crippen LogP) is 2.78. The van der Waals surface area contributed by atoms with Gasteiger partial charge in [0.15, 0.2) is 0 Å². The van der Waals surface area contributed by atoms with Crippen LogP contribution >= 0.6 is 11.6 Å². The van der Waals surface area contributed by atoms with Gasteiger partial charge in [0.05, 0.1) is 4.92 Å². The van der Waals surface area contributed by atoms with E-state index in [4.69, 9.17) is 11.6 Å². The van der Waals surface area contributed by atoms with Gasteiger partial charge in [-0.25, -0.2) is 0 Å². The van der Waals surface area contributed by atoms with Crippen LogP contribution in [0.25, 0.3) is 0 Å². The van der Waals surface area contributed by atoms with Crippen LogP contribution in [0.15, 0.2) is 18.2 Å². The van der Waals surface area contributed by atoms with Gasteiger partial charge in [0.1, 0.15) is 10.7 Å². The van der Waals surface area contributed by atoms with Crippen molar-refractivity contribution in [3.63, 3.8) is 0 Å². The van der Waals surface area contributed by atoms with E-state index in [1.54, 1.807) is 18.2 Å². The van der Waals surface area contributed by atoms with Crippen molar-refractivity contribution in [3.05, 3.63) is 33.3 Å². The molecule has 1 aromatic carbocycles. The fourth-order valence-electron chi connectivity index (χ4n) is 2.55. The number of para-hydroxylation sites is 1. The zero-order valence-electron chi connectivity index (χ0n) is 11.2. The molecule has 0 radical (unpaired) electrons. The molecular weight excluding hydrogens is 266 g/mol. The summed E-state index contributed by atoms with van der Waals surface area (Å²) in [5, 5.41) is 11.4. The fraction of sp³-hybridized carbons (Fsp3) is 0.538. The van der Waals surface area contributed by atoms with Crippen molar-refractivity contribution in [3.8, 4) is 0 Å². The molecule has 0 bridgehead atoms. The Hall–Kier alpha value is -1.33. The lowest BCUT2D eigenvalue weighted by molar-refractivity contribution is -0.384. The molecule has 1 fully saturated rings. The van der Waals surface area contributed by atoms with Crippen LogP contribution in [0.1, 0.15) is 13.3 Å². The molecule has 2 rings (SSSR count). The van der Waals surface area contributed by atoms with Gasteiger partial charge in [0.25, 0.3) is 0 Å². The molecule has 0 aliphatic carbocycles. The Bertz CT molecular complexity index is 481. The number of halogens is 1. The summed E-state index contributed by atoms with van der Waals surface area (Å²) in [5.74, 6) is 0. The standard InChI is InChI=1S/C13H18ClN3O2/c1-3-10-9-16(8-7-15(10)2)12-6-4-5-11(14)13(12)17(18)19/h4-6,10H,3,7-9H2,1-2H3. The van der Waals surface area contributed by atoms with E-state index in [1.165, 1.54) is 0 Å². The molecule has 0 N–H and O–H groups in total. The molecule has 1 heterocycles. The highest BCUT2D eigenvalue weighted by Gasteiger charge is 2.28. The first kappa shape index (κ1) is 14.1. The quantitative estimate of drug-likeness (QED) is 0.632. The number of hydrogen-bond donors (Lipinski definition) is 0. The van der Waals surface area contributed by atoms with Gasteiger partial charge in [-0.2, -0.15) is 0 Å². The summed E-state index contributed by atoms with van der Waals surface area (Å²) in [6.45, 7) is 4.63. The predicted molar refractivity (Wildman–Crippen MR) is 77.0 cm³/mol. The van der Waals surface area contributed by atoms with Gasteiger partial charge in [0.2, 0.25) is 0 Å². The molecule has 1 aliphatic rings. The highest BCUT2D eigenvalue weighted by atomic mass is 35.5. The summed E-state index contributed by atoms with van der Waals surface area (Å²) < 4.78 is 0. The number of hydrogen-bond acceptors (Lipinski definition) is 4. The Balaban J connectivity index is 2.32. The minimum Gasteiger partial charge on any atom is -0.363 e. The maximum Gasteiger partial charge on any atom is 0.310 e. The van der Waals surface area contributed by atoms with Crippen LogP contribution in [-0.2, 0) is 0 Å². The van der Waals surface area contributed by atoms with Crippen molar-refractivity contribution in [2.24, 2.45) is 0 Å². The van der Waals surface area contributed by atoms with Gasteiger partial charge in [-0.05, 0) is 25.6 Å². The molecular formula is C13H18ClN3O2. The SMILES string of the molecule is CCC1CN(c2cccc(Cl)c2[N+](=O)[O-])CCN1C. The first-order valence-corrected chi connectivity index (χ1v) is 6.80. The molecule has 1 saturated heterocycles. The molecule has 104 valence electrons. The number of piperazine rings is 1. The van der Waals surface area contributed by atoms with Crippen molar-refractivity contribution in [1.82, 2.24) is 4.90 Å². The maximum absolute atomic E-state index is 11.2. The summed E-state index contributed by atoms with van der Waals surface area (Å²) in [5.41, 5.74) is 0.646. The molecule has 1 atom stereocenters. The van der Waals surface area contributed by atoms with E-state index in [2.05, 4.69) is 23.8 Å². The number of benzene rings is 1. The van der Waals surface area contributed by atoms with Crippen LogP contribution in [0.3, 0.4) is 0 Å². The lowest BCUT2D eigenvalue weighted by Gasteiger charge is -2.40. The van der Waals surface area contributed by atoms with Gasteiger partial charge < -0.3 is 4.90 Å². The third-order valence-electron chi connectivity index (χ3n) is 3.74. The second-order valence-corrected chi connectivity index (χ2v) is 5.26. The second kappa shape index (κ2) is 5.75. The zero-order chi connectivity index (χ0) is 14.0. The van der Waals surface area contributed by atoms with Crippen LogP contribution in [0.4, 0.5) is 11.4 Å². The van der Waals surface area contributed by atoms with E-state index in [0.717, 1.165) is 26.1 Å². The summed E-state index contributed by atoms with van der Waals surface area (Å²) in [6, 6.07) is 5.54. The normalized spacial score (nSPS) is 20.6. The number of nitro benzene ring substituents is 1. The average Bonchev–Trinajstić information content (AvgIpc) is 2.38. The van der Waals surface area contributed by atoms with Crippen LogP contribution < -0.4 is 4.90 Å². The van der Waals surface area contributed by atoms with Gasteiger partial charge >= 0.3 is 5.69 Å². The first-order valence-electron chi connectivity index (χ1n) is 6.42. The van der Waals surface area contributed by atoms with Crippen LogP contribution in [0, 0.1) is 10.1 Å². The topological polar surface area (TPSA) is 49.6 Å². The third-order valence-corrected chi connectivity index (χ3v) is 4.04. The number of nitro groups is 1. The Morgan fingerprint density at radius 2 is 2.21 bits per heavy atom. The van der Waals surface area contributed by atoms with Crippen molar-refractivity contribution < 1.29 is 4.92 Å². The van der Waals surface area contributed by atoms with Gasteiger partial charge in [-0.3, -0.25) is 15.0 Å². The van der Waals surface area contributed by atoms with E-state index in [1.807, 2.05) is 0 Å². The van der Waals surface area contributed by atoms with Crippen molar-refractivity contribution in [2.45, 2.75) is 19.4 Å². The van der Waals surface area contributed by atoms with Crippen LogP contribution in [-0.4, -0.2) is 42.5 Å². The summed E-state index contributed by atoms with van der Waals surface area (Å²) in [7, 11) is 2.10. The lowest BCUT2D eigenvalue weighted by atomic mass is 10.1. The van der Waals surface area contributed by atoms with E-state index in [0.29, 0.717) is 11.7 Å². The smallest absolute Gasteiger partial charge is 0.310 e. The molecule has 1 aliphatic heterocycles. The second-order valence-electron chi connectivity index (χ2n) is 4.85. The van der Waals surface area contributed by atoms with Crippen LogP contribution in [0.5, 0.6) is 0 Å². The summed E-state index contributed by atoms with van der Waals surface area (Å²) in [6.07, 6.45) is 1.03. The van der Waals surface area contributed by atoms with Crippen molar-refractivity contribution in [2.75, 3.05) is 31.6 Å². The molecule has 19 heavy (non-hydrogen) atoms. The molecule has 0 aromatic heterocycles. The third kappa shape index (κ3) is 2.82. The molecule has 1 unspecified atom stereocenters. The van der Waals surface area contributed by atoms with E-state index >= 15 is 0 Å². The summed E-state index contributed by atoms with van der Waals surface area (Å²) >= 11 is 5.96. The lowest BCUT2D eigenvalue weighted by Crippen LogP contribution is -2.51. The monoisotopic (exact) mass is 283 g/mol. The Labute approximate surface area is 117 Å². The molecule has 0 spiro atoms. The maximum atomic E-state index is 11.2. The van der Waals surface area contributed by atoms with Crippen molar-refractivity contribution in [1.29, 1.82) is 0 Å². The van der Waals surface area contributed by atoms with Gasteiger partial charge in [-0.15, -0.1) is 0 Å². The van der Waals surface area contributed by atoms with Gasteiger partial charge in [-0.1, -0.05) is 24.6 Å². The summed E-state index contributed by atoms with van der Waals surface area (Å²) in [4.78, 5) is 15.2. The highest BCUT2D eigenvalue weighted by molar-refractivity contribution is 6.33. The minimum absolute atomic E-state index is 0.0172. The average molecular weight is 284 g/mol. The molecule has 1 aromatic rings. The largest absolute Gasteiger partial charge is 0.363 e. The molecule has 5 nitrogen and oxygen atoms in total. The fourth-order valence-corrected chi connectivity index (χ4v) is 2.78. The first-order chi connectivity index (χ1) is 9.04. The van der Waals surface area contributed by atoms with Crippen molar-refractivity contribution >= 4 is 23.0 Å². The minimum atomic E-state index is -0.392. The number of nitrogens with zero attached hydrogens (tertiary/aromatic N) is 3. The molecule has 6 heteroatoms. The Morgan fingerprint density at radius 1 is 1.47 bits per heavy atom. The molecule has 0 amide bonds.